The van der Waals surface area contributed by atoms with Gasteiger partial charge in [-0.1, -0.05) is 19.4 Å². The van der Waals surface area contributed by atoms with Crippen LogP contribution >= 0.6 is 0 Å². The van der Waals surface area contributed by atoms with Gasteiger partial charge in [0.25, 0.3) is 5.56 Å². The summed E-state index contributed by atoms with van der Waals surface area (Å²) >= 11 is 0. The summed E-state index contributed by atoms with van der Waals surface area (Å²) in [6, 6.07) is 4.31. The van der Waals surface area contributed by atoms with E-state index in [9.17, 15) is 32.3 Å². The molecule has 1 fully saturated rings. The Morgan fingerprint density at radius 1 is 1.24 bits per heavy atom. The van der Waals surface area contributed by atoms with Crippen LogP contribution in [-0.4, -0.2) is 34.5 Å². The maximum absolute atomic E-state index is 13.3. The van der Waals surface area contributed by atoms with Crippen molar-refractivity contribution >= 4 is 29.0 Å². The van der Waals surface area contributed by atoms with Gasteiger partial charge in [0.2, 0.25) is 11.8 Å². The molecular weight excluding hydrogens is 455 g/mol. The zero-order valence-corrected chi connectivity index (χ0v) is 18.8. The summed E-state index contributed by atoms with van der Waals surface area (Å²) in [6.07, 6.45) is -3.42. The monoisotopic (exact) mass is 481 g/mol. The van der Waals surface area contributed by atoms with Crippen LogP contribution in [0.4, 0.5) is 30.4 Å². The molecule has 0 bridgehead atoms. The van der Waals surface area contributed by atoms with E-state index in [1.807, 2.05) is 6.92 Å². The van der Waals surface area contributed by atoms with Gasteiger partial charge in [-0.25, -0.2) is 4.79 Å². The number of rotatable bonds is 7. The minimum absolute atomic E-state index is 0.0312. The molecule has 0 spiro atoms. The lowest BCUT2D eigenvalue weighted by Gasteiger charge is -2.25. The first-order chi connectivity index (χ1) is 16.0. The minimum Gasteiger partial charge on any atom is -0.383 e. The molecule has 2 amide bonds. The zero-order chi connectivity index (χ0) is 25.2. The van der Waals surface area contributed by atoms with Crippen LogP contribution in [0, 0.1) is 5.92 Å². The van der Waals surface area contributed by atoms with Crippen LogP contribution in [0.2, 0.25) is 0 Å². The Labute approximate surface area is 193 Å². The summed E-state index contributed by atoms with van der Waals surface area (Å²) in [5, 5.41) is 0. The maximum Gasteiger partial charge on any atom is 0.416 e. The molecule has 3 N–H and O–H groups in total. The number of halogens is 3. The predicted octanol–water partition coefficient (Wildman–Crippen LogP) is 2.34. The van der Waals surface area contributed by atoms with Gasteiger partial charge in [0.1, 0.15) is 5.82 Å². The SMILES string of the molecule is CCCCn1c(N)c(N(CC)C(=O)[C@@H]2CC(=O)N(c3cccc(C(F)(F)F)c3)C2)c(=O)[nH]c1=O. The lowest BCUT2D eigenvalue weighted by atomic mass is 10.1. The number of carbonyl (C=O) groups excluding carboxylic acids is 2. The number of aromatic amines is 1. The van der Waals surface area contributed by atoms with Crippen molar-refractivity contribution in [3.8, 4) is 0 Å². The molecule has 1 aromatic heterocycles. The van der Waals surface area contributed by atoms with E-state index < -0.39 is 40.7 Å². The van der Waals surface area contributed by atoms with Crippen molar-refractivity contribution in [2.24, 2.45) is 5.92 Å². The summed E-state index contributed by atoms with van der Waals surface area (Å²) in [5.74, 6) is -2.15. The number of amides is 2. The van der Waals surface area contributed by atoms with E-state index in [0.29, 0.717) is 6.42 Å². The molecule has 184 valence electrons. The van der Waals surface area contributed by atoms with E-state index in [2.05, 4.69) is 4.98 Å². The van der Waals surface area contributed by atoms with E-state index in [1.165, 1.54) is 16.7 Å². The summed E-state index contributed by atoms with van der Waals surface area (Å²) in [5.41, 5.74) is 3.53. The molecule has 0 unspecified atom stereocenters. The molecule has 9 nitrogen and oxygen atoms in total. The number of anilines is 3. The second kappa shape index (κ2) is 9.74. The van der Waals surface area contributed by atoms with E-state index in [1.54, 1.807) is 6.92 Å². The van der Waals surface area contributed by atoms with Crippen LogP contribution in [0.15, 0.2) is 33.9 Å². The normalized spacial score (nSPS) is 16.2. The van der Waals surface area contributed by atoms with Crippen molar-refractivity contribution in [3.05, 3.63) is 50.7 Å². The number of unbranched alkanes of at least 4 members (excludes halogenated alkanes) is 1. The van der Waals surface area contributed by atoms with Gasteiger partial charge < -0.3 is 15.5 Å². The Hall–Kier alpha value is -3.57. The zero-order valence-electron chi connectivity index (χ0n) is 18.8. The summed E-state index contributed by atoms with van der Waals surface area (Å²) in [7, 11) is 0. The van der Waals surface area contributed by atoms with Crippen molar-refractivity contribution in [2.75, 3.05) is 28.6 Å². The number of nitrogen functional groups attached to an aromatic ring is 1. The first-order valence-corrected chi connectivity index (χ1v) is 10.9. The van der Waals surface area contributed by atoms with Gasteiger partial charge in [0.05, 0.1) is 11.5 Å². The van der Waals surface area contributed by atoms with Crippen molar-refractivity contribution in [1.29, 1.82) is 0 Å². The molecule has 1 atom stereocenters. The van der Waals surface area contributed by atoms with Crippen LogP contribution in [0.1, 0.15) is 38.7 Å². The number of benzene rings is 1. The second-order valence-corrected chi connectivity index (χ2v) is 8.03. The number of hydrogen-bond acceptors (Lipinski definition) is 5. The highest BCUT2D eigenvalue weighted by atomic mass is 19.4. The first kappa shape index (κ1) is 25.1. The number of nitrogens with zero attached hydrogens (tertiary/aromatic N) is 3. The molecular formula is C22H26F3N5O4. The maximum atomic E-state index is 13.3. The Balaban J connectivity index is 1.91. The molecule has 1 aromatic carbocycles. The largest absolute Gasteiger partial charge is 0.416 e. The van der Waals surface area contributed by atoms with E-state index >= 15 is 0 Å². The average Bonchev–Trinajstić information content (AvgIpc) is 3.17. The Bertz CT molecular complexity index is 1200. The fraction of sp³-hybridized carbons (Fsp3) is 0.455. The van der Waals surface area contributed by atoms with Gasteiger partial charge in [-0.2, -0.15) is 13.2 Å². The number of aromatic nitrogens is 2. The Morgan fingerprint density at radius 2 is 1.94 bits per heavy atom. The highest BCUT2D eigenvalue weighted by molar-refractivity contribution is 6.05. The minimum atomic E-state index is -4.58. The molecule has 1 aliphatic heterocycles. The van der Waals surface area contributed by atoms with Crippen LogP contribution in [0.5, 0.6) is 0 Å². The molecule has 0 saturated carbocycles. The third-order valence-electron chi connectivity index (χ3n) is 5.76. The Morgan fingerprint density at radius 3 is 2.56 bits per heavy atom. The number of nitrogens with two attached hydrogens (primary N) is 1. The molecule has 0 aliphatic carbocycles. The van der Waals surface area contributed by atoms with E-state index in [0.717, 1.165) is 28.4 Å². The number of nitrogens with one attached hydrogen (secondary N) is 1. The lowest BCUT2D eigenvalue weighted by Crippen LogP contribution is -2.44. The summed E-state index contributed by atoms with van der Waals surface area (Å²) in [4.78, 5) is 55.1. The molecule has 1 saturated heterocycles. The van der Waals surface area contributed by atoms with Gasteiger partial charge in [-0.15, -0.1) is 0 Å². The number of H-pyrrole nitrogens is 1. The predicted molar refractivity (Wildman–Crippen MR) is 121 cm³/mol. The molecule has 34 heavy (non-hydrogen) atoms. The standard InChI is InChI=1S/C22H26F3N5O4/c1-3-5-9-29-18(26)17(19(32)27-21(29)34)28(4-2)20(33)13-10-16(31)30(12-13)15-8-6-7-14(11-15)22(23,24)25/h6-8,11,13H,3-5,9-10,12,26H2,1-2H3,(H,27,32,34)/t13-/m1/s1. The fourth-order valence-corrected chi connectivity index (χ4v) is 3.99. The number of alkyl halides is 3. The summed E-state index contributed by atoms with van der Waals surface area (Å²) < 4.78 is 40.4. The van der Waals surface area contributed by atoms with Crippen LogP contribution < -0.4 is 26.8 Å². The second-order valence-electron chi connectivity index (χ2n) is 8.03. The molecule has 2 heterocycles. The molecule has 2 aromatic rings. The fourth-order valence-electron chi connectivity index (χ4n) is 3.99. The van der Waals surface area contributed by atoms with E-state index in [4.69, 9.17) is 5.73 Å². The van der Waals surface area contributed by atoms with Crippen LogP contribution in [0.3, 0.4) is 0 Å². The van der Waals surface area contributed by atoms with Crippen molar-refractivity contribution < 1.29 is 22.8 Å². The van der Waals surface area contributed by atoms with E-state index in [-0.39, 0.29) is 43.2 Å². The van der Waals surface area contributed by atoms with Gasteiger partial charge in [-0.05, 0) is 31.5 Å². The quantitative estimate of drug-likeness (QED) is 0.629. The molecule has 12 heteroatoms. The van der Waals surface area contributed by atoms with Gasteiger partial charge >= 0.3 is 11.9 Å². The highest BCUT2D eigenvalue weighted by Crippen LogP contribution is 2.34. The molecule has 1 aliphatic rings. The first-order valence-electron chi connectivity index (χ1n) is 10.9. The molecule has 3 rings (SSSR count). The topological polar surface area (TPSA) is 121 Å². The Kier molecular flexibility index (Phi) is 7.18. The number of hydrogen-bond donors (Lipinski definition) is 2. The third kappa shape index (κ3) is 4.85. The summed E-state index contributed by atoms with van der Waals surface area (Å²) in [6.45, 7) is 3.67. The number of carbonyl (C=O) groups is 2. The van der Waals surface area contributed by atoms with Crippen LogP contribution in [-0.2, 0) is 22.3 Å². The van der Waals surface area contributed by atoms with Crippen molar-refractivity contribution in [1.82, 2.24) is 9.55 Å². The molecule has 0 radical (unpaired) electrons. The van der Waals surface area contributed by atoms with Gasteiger partial charge in [-0.3, -0.25) is 23.9 Å². The van der Waals surface area contributed by atoms with Crippen molar-refractivity contribution in [3.63, 3.8) is 0 Å². The van der Waals surface area contributed by atoms with Crippen molar-refractivity contribution in [2.45, 2.75) is 45.8 Å². The lowest BCUT2D eigenvalue weighted by molar-refractivity contribution is -0.137. The van der Waals surface area contributed by atoms with Crippen LogP contribution in [0.25, 0.3) is 0 Å². The third-order valence-corrected chi connectivity index (χ3v) is 5.76. The average molecular weight is 481 g/mol. The highest BCUT2D eigenvalue weighted by Gasteiger charge is 2.39. The van der Waals surface area contributed by atoms with Gasteiger partial charge in [0, 0.05) is 31.7 Å². The van der Waals surface area contributed by atoms with Gasteiger partial charge in [0.15, 0.2) is 5.69 Å². The smallest absolute Gasteiger partial charge is 0.383 e.